The molecule has 35 heavy (non-hydrogen) atoms. The Morgan fingerprint density at radius 3 is 2.57 bits per heavy atom. The number of hydrogen-bond acceptors (Lipinski definition) is 4. The van der Waals surface area contributed by atoms with Gasteiger partial charge in [-0.1, -0.05) is 72.3 Å². The topological polar surface area (TPSA) is 71.1 Å². The van der Waals surface area contributed by atoms with E-state index in [1.807, 2.05) is 49.4 Å². The summed E-state index contributed by atoms with van der Waals surface area (Å²) in [4.78, 5) is 30.6. The largest absolute Gasteiger partial charge is 0.349 e. The Morgan fingerprint density at radius 2 is 1.80 bits per heavy atom. The molecule has 5 nitrogen and oxygen atoms in total. The molecule has 0 spiro atoms. The van der Waals surface area contributed by atoms with Crippen LogP contribution >= 0.6 is 11.3 Å². The van der Waals surface area contributed by atoms with Crippen LogP contribution in [0.25, 0.3) is 21.0 Å². The lowest BCUT2D eigenvalue weighted by Gasteiger charge is -2.20. The molecule has 1 atom stereocenters. The van der Waals surface area contributed by atoms with Gasteiger partial charge in [0.25, 0.3) is 0 Å². The van der Waals surface area contributed by atoms with Gasteiger partial charge >= 0.3 is 0 Å². The van der Waals surface area contributed by atoms with Gasteiger partial charge in [0.05, 0.1) is 23.0 Å². The number of benzene rings is 3. The number of fused-ring (bicyclic) bond motifs is 1. The molecule has 176 valence electrons. The second-order valence-corrected chi connectivity index (χ2v) is 9.96. The first-order chi connectivity index (χ1) is 17.0. The molecule has 1 aliphatic heterocycles. The molecule has 0 aliphatic carbocycles. The van der Waals surface area contributed by atoms with Crippen molar-refractivity contribution in [1.82, 2.24) is 10.3 Å². The number of rotatable bonds is 6. The van der Waals surface area contributed by atoms with Crippen LogP contribution in [0.15, 0.2) is 72.8 Å². The first-order valence-corrected chi connectivity index (χ1v) is 12.6. The van der Waals surface area contributed by atoms with Gasteiger partial charge in [-0.2, -0.15) is 0 Å². The molecule has 0 fully saturated rings. The van der Waals surface area contributed by atoms with E-state index in [0.717, 1.165) is 49.9 Å². The summed E-state index contributed by atoms with van der Waals surface area (Å²) >= 11 is 1.62. The molecule has 4 aromatic rings. The maximum absolute atomic E-state index is 13.1. The summed E-state index contributed by atoms with van der Waals surface area (Å²) in [5, 5.41) is 6.95. The number of anilines is 1. The van der Waals surface area contributed by atoms with E-state index < -0.39 is 0 Å². The monoisotopic (exact) mass is 481 g/mol. The first-order valence-electron chi connectivity index (χ1n) is 11.8. The van der Waals surface area contributed by atoms with Crippen LogP contribution in [0.5, 0.6) is 0 Å². The highest BCUT2D eigenvalue weighted by atomic mass is 32.1. The number of thiazole rings is 1. The highest BCUT2D eigenvalue weighted by molar-refractivity contribution is 7.18. The fraction of sp³-hybridized carbons (Fsp3) is 0.207. The molecule has 3 aromatic carbocycles. The fourth-order valence-electron chi connectivity index (χ4n) is 4.31. The van der Waals surface area contributed by atoms with Crippen molar-refractivity contribution in [2.24, 2.45) is 0 Å². The van der Waals surface area contributed by atoms with Crippen LogP contribution in [-0.4, -0.2) is 16.8 Å². The third kappa shape index (κ3) is 5.17. The number of amides is 2. The van der Waals surface area contributed by atoms with Crippen molar-refractivity contribution in [1.29, 1.82) is 0 Å². The zero-order valence-electron chi connectivity index (χ0n) is 19.8. The Kier molecular flexibility index (Phi) is 6.47. The Hall–Kier alpha value is -3.77. The standard InChI is InChI=1S/C29H27N3O2S/c1-18-8-10-20(11-9-18)28-25(32-29(35-28)21-6-4-3-5-7-21)17-27(34)30-19(2)22-12-14-24-23(16-22)13-15-26(33)31-24/h3-12,14,16,19H,13,15,17H2,1-2H3,(H,30,34)(H,31,33). The smallest absolute Gasteiger partial charge is 0.226 e. The lowest BCUT2D eigenvalue weighted by molar-refractivity contribution is -0.121. The molecule has 6 heteroatoms. The number of hydrogen-bond donors (Lipinski definition) is 2. The van der Waals surface area contributed by atoms with Crippen LogP contribution in [0.3, 0.4) is 0 Å². The van der Waals surface area contributed by atoms with E-state index in [4.69, 9.17) is 4.98 Å². The van der Waals surface area contributed by atoms with Gasteiger partial charge in [0.15, 0.2) is 0 Å². The van der Waals surface area contributed by atoms with E-state index >= 15 is 0 Å². The summed E-state index contributed by atoms with van der Waals surface area (Å²) in [6.07, 6.45) is 1.42. The molecule has 0 saturated carbocycles. The van der Waals surface area contributed by atoms with Gasteiger partial charge in [-0.3, -0.25) is 9.59 Å². The normalized spacial score (nSPS) is 13.6. The van der Waals surface area contributed by atoms with Gasteiger partial charge in [0.1, 0.15) is 5.01 Å². The van der Waals surface area contributed by atoms with Gasteiger partial charge in [0.2, 0.25) is 11.8 Å². The number of carbonyl (C=O) groups is 2. The summed E-state index contributed by atoms with van der Waals surface area (Å²) in [7, 11) is 0. The quantitative estimate of drug-likeness (QED) is 0.350. The molecule has 1 aliphatic rings. The Morgan fingerprint density at radius 1 is 1.03 bits per heavy atom. The van der Waals surface area contributed by atoms with Crippen molar-refractivity contribution in [2.45, 2.75) is 39.2 Å². The zero-order valence-corrected chi connectivity index (χ0v) is 20.6. The summed E-state index contributed by atoms with van der Waals surface area (Å²) in [5.41, 5.74) is 7.10. The highest BCUT2D eigenvalue weighted by Crippen LogP contribution is 2.36. The number of nitrogens with zero attached hydrogens (tertiary/aromatic N) is 1. The average Bonchev–Trinajstić information content (AvgIpc) is 3.28. The van der Waals surface area contributed by atoms with E-state index in [1.54, 1.807) is 11.3 Å². The molecule has 5 rings (SSSR count). The highest BCUT2D eigenvalue weighted by Gasteiger charge is 2.20. The summed E-state index contributed by atoms with van der Waals surface area (Å²) in [6.45, 7) is 4.05. The minimum atomic E-state index is -0.152. The van der Waals surface area contributed by atoms with E-state index in [0.29, 0.717) is 6.42 Å². The predicted octanol–water partition coefficient (Wildman–Crippen LogP) is 6.09. The summed E-state index contributed by atoms with van der Waals surface area (Å²) in [5.74, 6) is -0.0177. The minimum absolute atomic E-state index is 0.0501. The Bertz CT molecular complexity index is 1380. The first kappa shape index (κ1) is 23.0. The SMILES string of the molecule is Cc1ccc(-c2sc(-c3ccccc3)nc2CC(=O)NC(C)c2ccc3c(c2)CCC(=O)N3)cc1. The van der Waals surface area contributed by atoms with Crippen molar-refractivity contribution >= 4 is 28.8 Å². The maximum atomic E-state index is 13.1. The third-order valence-electron chi connectivity index (χ3n) is 6.26. The lowest BCUT2D eigenvalue weighted by Crippen LogP contribution is -2.28. The van der Waals surface area contributed by atoms with E-state index in [1.165, 1.54) is 5.56 Å². The Balaban J connectivity index is 1.37. The lowest BCUT2D eigenvalue weighted by atomic mass is 9.97. The van der Waals surface area contributed by atoms with Crippen LogP contribution in [0.1, 0.15) is 41.8 Å². The molecule has 2 N–H and O–H groups in total. The molecule has 2 heterocycles. The minimum Gasteiger partial charge on any atom is -0.349 e. The molecular formula is C29H27N3O2S. The zero-order chi connectivity index (χ0) is 24.4. The van der Waals surface area contributed by atoms with Crippen molar-refractivity contribution in [3.8, 4) is 21.0 Å². The van der Waals surface area contributed by atoms with E-state index in [9.17, 15) is 9.59 Å². The van der Waals surface area contributed by atoms with Crippen LogP contribution in [0.2, 0.25) is 0 Å². The van der Waals surface area contributed by atoms with Gasteiger partial charge in [-0.25, -0.2) is 4.98 Å². The van der Waals surface area contributed by atoms with Crippen molar-refractivity contribution in [2.75, 3.05) is 5.32 Å². The number of aromatic nitrogens is 1. The number of nitrogens with one attached hydrogen (secondary N) is 2. The van der Waals surface area contributed by atoms with Gasteiger partial charge in [-0.05, 0) is 43.0 Å². The van der Waals surface area contributed by atoms with Crippen LogP contribution in [-0.2, 0) is 22.4 Å². The third-order valence-corrected chi connectivity index (χ3v) is 7.46. The molecule has 1 unspecified atom stereocenters. The molecule has 0 bridgehead atoms. The summed E-state index contributed by atoms with van der Waals surface area (Å²) < 4.78 is 0. The molecule has 1 aromatic heterocycles. The second-order valence-electron chi connectivity index (χ2n) is 8.96. The van der Waals surface area contributed by atoms with Crippen LogP contribution in [0, 0.1) is 6.92 Å². The molecular weight excluding hydrogens is 454 g/mol. The van der Waals surface area contributed by atoms with Crippen LogP contribution < -0.4 is 10.6 Å². The molecule has 0 saturated heterocycles. The molecule has 0 radical (unpaired) electrons. The average molecular weight is 482 g/mol. The van der Waals surface area contributed by atoms with Gasteiger partial charge in [0, 0.05) is 17.7 Å². The number of carbonyl (C=O) groups excluding carboxylic acids is 2. The van der Waals surface area contributed by atoms with Crippen molar-refractivity contribution in [3.05, 3.63) is 95.2 Å². The van der Waals surface area contributed by atoms with Crippen molar-refractivity contribution < 1.29 is 9.59 Å². The maximum Gasteiger partial charge on any atom is 0.226 e. The number of aryl methyl sites for hydroxylation is 2. The Labute approximate surface area is 209 Å². The fourth-order valence-corrected chi connectivity index (χ4v) is 5.40. The van der Waals surface area contributed by atoms with Crippen LogP contribution in [0.4, 0.5) is 5.69 Å². The summed E-state index contributed by atoms with van der Waals surface area (Å²) in [6, 6.07) is 24.2. The molecule has 2 amide bonds. The van der Waals surface area contributed by atoms with E-state index in [-0.39, 0.29) is 24.3 Å². The van der Waals surface area contributed by atoms with Gasteiger partial charge < -0.3 is 10.6 Å². The van der Waals surface area contributed by atoms with Gasteiger partial charge in [-0.15, -0.1) is 11.3 Å². The predicted molar refractivity (Wildman–Crippen MR) is 141 cm³/mol. The van der Waals surface area contributed by atoms with E-state index in [2.05, 4.69) is 47.9 Å². The van der Waals surface area contributed by atoms with Crippen molar-refractivity contribution in [3.63, 3.8) is 0 Å². The second kappa shape index (κ2) is 9.84.